The minimum absolute atomic E-state index is 0.244. The van der Waals surface area contributed by atoms with Gasteiger partial charge in [-0.3, -0.25) is 0 Å². The van der Waals surface area contributed by atoms with Crippen LogP contribution in [-0.2, 0) is 13.0 Å². The van der Waals surface area contributed by atoms with Crippen molar-refractivity contribution in [1.82, 2.24) is 15.3 Å². The van der Waals surface area contributed by atoms with Crippen molar-refractivity contribution in [3.05, 3.63) is 41.7 Å². The molecule has 0 unspecified atom stereocenters. The fraction of sp³-hybridized carbons (Fsp3) is 0.412. The van der Waals surface area contributed by atoms with Gasteiger partial charge in [-0.15, -0.1) is 0 Å². The molecular formula is C17H22N4O2. The smallest absolute Gasteiger partial charge is 0.222 e. The molecule has 0 fully saturated rings. The lowest BCUT2D eigenvalue weighted by Gasteiger charge is -2.12. The molecule has 1 aromatic carbocycles. The van der Waals surface area contributed by atoms with Gasteiger partial charge in [-0.05, 0) is 25.1 Å². The number of nitrogens with zero attached hydrogens (tertiary/aromatic N) is 2. The molecule has 23 heavy (non-hydrogen) atoms. The van der Waals surface area contributed by atoms with E-state index in [9.17, 15) is 0 Å². The van der Waals surface area contributed by atoms with E-state index in [1.807, 2.05) is 0 Å². The molecule has 0 amide bonds. The maximum atomic E-state index is 5.82. The Labute approximate surface area is 136 Å². The molecule has 0 saturated heterocycles. The molecule has 1 atom stereocenters. The molecule has 1 aliphatic rings. The van der Waals surface area contributed by atoms with Crippen LogP contribution in [0, 0.1) is 0 Å². The lowest BCUT2D eigenvalue weighted by atomic mass is 10.1. The minimum Gasteiger partial charge on any atom is -0.496 e. The Morgan fingerprint density at radius 2 is 2.09 bits per heavy atom. The summed E-state index contributed by atoms with van der Waals surface area (Å²) in [4.78, 5) is 8.24. The summed E-state index contributed by atoms with van der Waals surface area (Å²) in [5.41, 5.74) is 2.33. The molecule has 3 rings (SSSR count). The number of ether oxygens (including phenoxy) is 2. The van der Waals surface area contributed by atoms with Gasteiger partial charge in [-0.1, -0.05) is 0 Å². The first-order valence-corrected chi connectivity index (χ1v) is 7.84. The third-order valence-corrected chi connectivity index (χ3v) is 3.77. The highest BCUT2D eigenvalue weighted by Gasteiger charge is 2.21. The summed E-state index contributed by atoms with van der Waals surface area (Å²) >= 11 is 0. The van der Waals surface area contributed by atoms with Crippen LogP contribution in [0.4, 0.5) is 5.95 Å². The van der Waals surface area contributed by atoms with Crippen LogP contribution in [-0.4, -0.2) is 36.3 Å². The zero-order valence-electron chi connectivity index (χ0n) is 13.5. The van der Waals surface area contributed by atoms with Gasteiger partial charge < -0.3 is 20.1 Å². The van der Waals surface area contributed by atoms with Crippen molar-refractivity contribution in [1.29, 1.82) is 0 Å². The second kappa shape index (κ2) is 7.28. The molecule has 0 bridgehead atoms. The van der Waals surface area contributed by atoms with Crippen molar-refractivity contribution in [2.24, 2.45) is 0 Å². The normalized spacial score (nSPS) is 15.8. The van der Waals surface area contributed by atoms with E-state index < -0.39 is 0 Å². The predicted molar refractivity (Wildman–Crippen MR) is 89.0 cm³/mol. The van der Waals surface area contributed by atoms with Crippen LogP contribution in [0.5, 0.6) is 11.5 Å². The van der Waals surface area contributed by atoms with Crippen LogP contribution in [0.1, 0.15) is 18.1 Å². The molecule has 122 valence electrons. The summed E-state index contributed by atoms with van der Waals surface area (Å²) in [5.74, 6) is 2.53. The molecule has 0 saturated carbocycles. The Hall–Kier alpha value is -2.34. The zero-order chi connectivity index (χ0) is 16.1. The van der Waals surface area contributed by atoms with Crippen molar-refractivity contribution < 1.29 is 9.47 Å². The first kappa shape index (κ1) is 15.6. The Kier molecular flexibility index (Phi) is 4.92. The number of nitrogens with one attached hydrogen (secondary N) is 2. The van der Waals surface area contributed by atoms with Crippen LogP contribution in [0.25, 0.3) is 0 Å². The van der Waals surface area contributed by atoms with Gasteiger partial charge in [0.25, 0.3) is 0 Å². The van der Waals surface area contributed by atoms with E-state index in [0.717, 1.165) is 43.1 Å². The monoisotopic (exact) mass is 314 g/mol. The number of hydrogen-bond donors (Lipinski definition) is 2. The molecule has 6 nitrogen and oxygen atoms in total. The van der Waals surface area contributed by atoms with E-state index in [0.29, 0.717) is 5.95 Å². The van der Waals surface area contributed by atoms with Gasteiger partial charge in [0, 0.05) is 49.6 Å². The second-order valence-electron chi connectivity index (χ2n) is 5.58. The third kappa shape index (κ3) is 3.90. The molecule has 2 N–H and O–H groups in total. The average Bonchev–Trinajstić information content (AvgIpc) is 2.93. The van der Waals surface area contributed by atoms with E-state index in [1.165, 1.54) is 5.56 Å². The van der Waals surface area contributed by atoms with Crippen molar-refractivity contribution in [3.8, 4) is 11.5 Å². The SMILES string of the molecule is COc1cc2c(cc1CNCCNc1ncccn1)O[C@@H](C)C2. The Bertz CT molecular complexity index is 649. The highest BCUT2D eigenvalue weighted by molar-refractivity contribution is 5.48. The van der Waals surface area contributed by atoms with E-state index in [4.69, 9.17) is 9.47 Å². The Balaban J connectivity index is 1.51. The Morgan fingerprint density at radius 1 is 1.26 bits per heavy atom. The van der Waals surface area contributed by atoms with Crippen molar-refractivity contribution in [2.75, 3.05) is 25.5 Å². The maximum Gasteiger partial charge on any atom is 0.222 e. The van der Waals surface area contributed by atoms with Crippen molar-refractivity contribution in [3.63, 3.8) is 0 Å². The van der Waals surface area contributed by atoms with Crippen LogP contribution in [0.3, 0.4) is 0 Å². The summed E-state index contributed by atoms with van der Waals surface area (Å²) in [6.07, 6.45) is 4.63. The molecule has 2 heterocycles. The van der Waals surface area contributed by atoms with Gasteiger partial charge in [-0.2, -0.15) is 0 Å². The van der Waals surface area contributed by atoms with E-state index in [-0.39, 0.29) is 6.10 Å². The third-order valence-electron chi connectivity index (χ3n) is 3.77. The van der Waals surface area contributed by atoms with Gasteiger partial charge in [0.1, 0.15) is 17.6 Å². The highest BCUT2D eigenvalue weighted by atomic mass is 16.5. The average molecular weight is 314 g/mol. The van der Waals surface area contributed by atoms with Crippen LogP contribution < -0.4 is 20.1 Å². The number of aromatic nitrogens is 2. The molecule has 0 spiro atoms. The summed E-state index contributed by atoms with van der Waals surface area (Å²) in [6.45, 7) is 4.37. The number of rotatable bonds is 7. The molecular weight excluding hydrogens is 292 g/mol. The zero-order valence-corrected chi connectivity index (χ0v) is 13.5. The molecule has 0 aliphatic carbocycles. The van der Waals surface area contributed by atoms with Crippen LogP contribution >= 0.6 is 0 Å². The van der Waals surface area contributed by atoms with Gasteiger partial charge in [0.15, 0.2) is 0 Å². The van der Waals surface area contributed by atoms with Crippen molar-refractivity contribution >= 4 is 5.95 Å². The number of hydrogen-bond acceptors (Lipinski definition) is 6. The number of anilines is 1. The molecule has 0 radical (unpaired) electrons. The van der Waals surface area contributed by atoms with Crippen LogP contribution in [0.15, 0.2) is 30.6 Å². The number of fused-ring (bicyclic) bond motifs is 1. The van der Waals surface area contributed by atoms with Gasteiger partial charge in [0.05, 0.1) is 7.11 Å². The first-order chi connectivity index (χ1) is 11.3. The lowest BCUT2D eigenvalue weighted by Crippen LogP contribution is -2.22. The van der Waals surface area contributed by atoms with E-state index in [2.05, 4.69) is 39.7 Å². The minimum atomic E-state index is 0.244. The molecule has 1 aliphatic heterocycles. The summed E-state index contributed by atoms with van der Waals surface area (Å²) in [7, 11) is 1.71. The standard InChI is InChI=1S/C17H22N4O2/c1-12-8-13-9-15(22-2)14(10-16(13)23-12)11-18-6-7-21-17-19-4-3-5-20-17/h3-5,9-10,12,18H,6-8,11H2,1-2H3,(H,19,20,21)/t12-/m0/s1. The summed E-state index contributed by atoms with van der Waals surface area (Å²) < 4.78 is 11.3. The number of benzene rings is 1. The number of methoxy groups -OCH3 is 1. The van der Waals surface area contributed by atoms with Crippen LogP contribution in [0.2, 0.25) is 0 Å². The maximum absolute atomic E-state index is 5.82. The largest absolute Gasteiger partial charge is 0.496 e. The Morgan fingerprint density at radius 3 is 2.87 bits per heavy atom. The fourth-order valence-electron chi connectivity index (χ4n) is 2.69. The van der Waals surface area contributed by atoms with E-state index in [1.54, 1.807) is 25.6 Å². The lowest BCUT2D eigenvalue weighted by molar-refractivity contribution is 0.254. The van der Waals surface area contributed by atoms with E-state index >= 15 is 0 Å². The molecule has 6 heteroatoms. The van der Waals surface area contributed by atoms with Gasteiger partial charge in [0.2, 0.25) is 5.95 Å². The van der Waals surface area contributed by atoms with Gasteiger partial charge in [-0.25, -0.2) is 9.97 Å². The van der Waals surface area contributed by atoms with Gasteiger partial charge >= 0.3 is 0 Å². The molecule has 2 aromatic rings. The topological polar surface area (TPSA) is 68.3 Å². The highest BCUT2D eigenvalue weighted by Crippen LogP contribution is 2.34. The van der Waals surface area contributed by atoms with Crippen molar-refractivity contribution in [2.45, 2.75) is 26.0 Å². The second-order valence-corrected chi connectivity index (χ2v) is 5.58. The first-order valence-electron chi connectivity index (χ1n) is 7.84. The quantitative estimate of drug-likeness (QED) is 0.762. The predicted octanol–water partition coefficient (Wildman–Crippen LogP) is 2.01. The fourth-order valence-corrected chi connectivity index (χ4v) is 2.69. The summed E-state index contributed by atoms with van der Waals surface area (Å²) in [5, 5.41) is 6.56. The summed E-state index contributed by atoms with van der Waals surface area (Å²) in [6, 6.07) is 5.97. The molecule has 1 aromatic heterocycles.